The van der Waals surface area contributed by atoms with Gasteiger partial charge in [0.2, 0.25) is 0 Å². The van der Waals surface area contributed by atoms with Gasteiger partial charge in [-0.25, -0.2) is 4.98 Å². The van der Waals surface area contributed by atoms with E-state index in [4.69, 9.17) is 26.1 Å². The fourth-order valence-electron chi connectivity index (χ4n) is 3.84. The Bertz CT molecular complexity index is 1500. The Labute approximate surface area is 228 Å². The zero-order chi connectivity index (χ0) is 25.1. The summed E-state index contributed by atoms with van der Waals surface area (Å²) in [5.74, 6) is 1.35. The molecule has 4 nitrogen and oxygen atoms in total. The second-order valence-corrected chi connectivity index (χ2v) is 10.8. The van der Waals surface area contributed by atoms with Crippen LogP contribution in [0.3, 0.4) is 0 Å². The van der Waals surface area contributed by atoms with Crippen LogP contribution in [0.25, 0.3) is 20.8 Å². The molecule has 0 saturated heterocycles. The third-order valence-corrected chi connectivity index (χ3v) is 7.67. The van der Waals surface area contributed by atoms with Crippen molar-refractivity contribution in [3.8, 4) is 22.1 Å². The molecule has 0 saturated carbocycles. The average molecular weight is 580 g/mol. The van der Waals surface area contributed by atoms with Crippen molar-refractivity contribution in [1.29, 1.82) is 0 Å². The topological polar surface area (TPSA) is 43.4 Å². The van der Waals surface area contributed by atoms with Gasteiger partial charge in [0.1, 0.15) is 11.6 Å². The molecule has 0 fully saturated rings. The normalized spacial score (nSPS) is 11.0. The summed E-state index contributed by atoms with van der Waals surface area (Å²) in [6.45, 7) is 3.17. The fourth-order valence-corrected chi connectivity index (χ4v) is 5.64. The predicted molar refractivity (Wildman–Crippen MR) is 154 cm³/mol. The van der Waals surface area contributed by atoms with Crippen LogP contribution in [0.4, 0.5) is 5.69 Å². The highest BCUT2D eigenvalue weighted by atomic mass is 79.9. The second kappa shape index (κ2) is 10.9. The zero-order valence-corrected chi connectivity index (χ0v) is 23.0. The summed E-state index contributed by atoms with van der Waals surface area (Å²) in [5, 5.41) is 5.22. The maximum absolute atomic E-state index is 6.05. The van der Waals surface area contributed by atoms with Crippen LogP contribution in [0.15, 0.2) is 83.3 Å². The molecule has 0 atom stereocenters. The molecule has 0 aliphatic carbocycles. The molecule has 1 aromatic heterocycles. The van der Waals surface area contributed by atoms with E-state index in [0.29, 0.717) is 29.7 Å². The van der Waals surface area contributed by atoms with Gasteiger partial charge in [-0.3, -0.25) is 0 Å². The van der Waals surface area contributed by atoms with E-state index in [9.17, 15) is 0 Å². The number of thiazole rings is 1. The van der Waals surface area contributed by atoms with Crippen molar-refractivity contribution < 1.29 is 9.47 Å². The maximum atomic E-state index is 6.05. The summed E-state index contributed by atoms with van der Waals surface area (Å²) in [6, 6.07) is 26.4. The third-order valence-electron chi connectivity index (χ3n) is 5.76. The minimum atomic E-state index is 0.421. The first kappa shape index (κ1) is 24.6. The van der Waals surface area contributed by atoms with Gasteiger partial charge < -0.3 is 14.8 Å². The van der Waals surface area contributed by atoms with Crippen molar-refractivity contribution in [1.82, 2.24) is 4.98 Å². The molecule has 5 aromatic rings. The summed E-state index contributed by atoms with van der Waals surface area (Å²) in [7, 11) is 1.65. The van der Waals surface area contributed by atoms with Crippen molar-refractivity contribution in [3.63, 3.8) is 0 Å². The molecule has 7 heteroatoms. The number of anilines is 1. The molecule has 0 bridgehead atoms. The second-order valence-electron chi connectivity index (χ2n) is 8.45. The van der Waals surface area contributed by atoms with Crippen LogP contribution in [0, 0.1) is 6.92 Å². The van der Waals surface area contributed by atoms with E-state index in [1.807, 2.05) is 36.4 Å². The minimum absolute atomic E-state index is 0.421. The largest absolute Gasteiger partial charge is 0.493 e. The summed E-state index contributed by atoms with van der Waals surface area (Å²) in [5.41, 5.74) is 6.55. The SMILES string of the molecule is COc1cc(CNc2ccc(-c3nc4ccc(C)cc4s3)cc2)cc(Br)c1OCc1ccc(Cl)cc1. The number of nitrogens with zero attached hydrogens (tertiary/aromatic N) is 1. The van der Waals surface area contributed by atoms with Gasteiger partial charge in [0, 0.05) is 22.8 Å². The van der Waals surface area contributed by atoms with Crippen LogP contribution in [-0.4, -0.2) is 12.1 Å². The van der Waals surface area contributed by atoms with Crippen molar-refractivity contribution in [2.45, 2.75) is 20.1 Å². The molecular formula is C29H24BrClN2O2S. The molecule has 1 heterocycles. The van der Waals surface area contributed by atoms with Gasteiger partial charge >= 0.3 is 0 Å². The van der Waals surface area contributed by atoms with Gasteiger partial charge in [-0.2, -0.15) is 0 Å². The van der Waals surface area contributed by atoms with Crippen LogP contribution >= 0.6 is 38.9 Å². The summed E-state index contributed by atoms with van der Waals surface area (Å²) in [4.78, 5) is 4.78. The molecule has 5 rings (SSSR count). The van der Waals surface area contributed by atoms with Gasteiger partial charge in [-0.1, -0.05) is 29.8 Å². The first-order valence-electron chi connectivity index (χ1n) is 11.4. The quantitative estimate of drug-likeness (QED) is 0.199. The molecule has 182 valence electrons. The Morgan fingerprint density at radius 2 is 1.72 bits per heavy atom. The number of aromatic nitrogens is 1. The first-order valence-corrected chi connectivity index (χ1v) is 13.4. The average Bonchev–Trinajstić information content (AvgIpc) is 3.31. The van der Waals surface area contributed by atoms with Gasteiger partial charge in [0.25, 0.3) is 0 Å². The fraction of sp³-hybridized carbons (Fsp3) is 0.138. The van der Waals surface area contributed by atoms with Crippen molar-refractivity contribution in [2.75, 3.05) is 12.4 Å². The van der Waals surface area contributed by atoms with Crippen LogP contribution in [0.1, 0.15) is 16.7 Å². The third kappa shape index (κ3) is 5.67. The molecule has 0 aliphatic heterocycles. The number of hydrogen-bond acceptors (Lipinski definition) is 5. The van der Waals surface area contributed by atoms with E-state index in [0.717, 1.165) is 37.4 Å². The number of halogens is 2. The number of nitrogens with one attached hydrogen (secondary N) is 1. The van der Waals surface area contributed by atoms with Gasteiger partial charge in [0.15, 0.2) is 11.5 Å². The number of benzene rings is 4. The molecule has 36 heavy (non-hydrogen) atoms. The number of hydrogen-bond donors (Lipinski definition) is 1. The molecule has 0 amide bonds. The Hall–Kier alpha value is -3.06. The zero-order valence-electron chi connectivity index (χ0n) is 19.8. The van der Waals surface area contributed by atoms with E-state index in [2.05, 4.69) is 70.6 Å². The van der Waals surface area contributed by atoms with E-state index in [1.54, 1.807) is 18.4 Å². The van der Waals surface area contributed by atoms with Crippen LogP contribution < -0.4 is 14.8 Å². The lowest BCUT2D eigenvalue weighted by atomic mass is 10.1. The van der Waals surface area contributed by atoms with E-state index >= 15 is 0 Å². The summed E-state index contributed by atoms with van der Waals surface area (Å²) < 4.78 is 13.7. The Morgan fingerprint density at radius 3 is 2.47 bits per heavy atom. The van der Waals surface area contributed by atoms with Gasteiger partial charge in [-0.15, -0.1) is 11.3 Å². The van der Waals surface area contributed by atoms with E-state index < -0.39 is 0 Å². The number of aryl methyl sites for hydroxylation is 1. The highest BCUT2D eigenvalue weighted by Crippen LogP contribution is 2.37. The highest BCUT2D eigenvalue weighted by molar-refractivity contribution is 9.10. The van der Waals surface area contributed by atoms with E-state index in [-0.39, 0.29) is 0 Å². The lowest BCUT2D eigenvalue weighted by Crippen LogP contribution is -2.03. The number of ether oxygens (including phenoxy) is 2. The van der Waals surface area contributed by atoms with Crippen LogP contribution in [0.2, 0.25) is 5.02 Å². The predicted octanol–water partition coefficient (Wildman–Crippen LogP) is 8.89. The van der Waals surface area contributed by atoms with Crippen molar-refractivity contribution in [2.24, 2.45) is 0 Å². The lowest BCUT2D eigenvalue weighted by Gasteiger charge is -2.15. The highest BCUT2D eigenvalue weighted by Gasteiger charge is 2.13. The number of methoxy groups -OCH3 is 1. The van der Waals surface area contributed by atoms with Gasteiger partial charge in [-0.05, 0) is 100 Å². The molecule has 4 aromatic carbocycles. The summed E-state index contributed by atoms with van der Waals surface area (Å²) in [6.07, 6.45) is 0. The summed E-state index contributed by atoms with van der Waals surface area (Å²) >= 11 is 11.3. The molecule has 1 N–H and O–H groups in total. The molecule has 0 unspecified atom stereocenters. The number of rotatable bonds is 8. The maximum Gasteiger partial charge on any atom is 0.175 e. The molecular weight excluding hydrogens is 556 g/mol. The van der Waals surface area contributed by atoms with Crippen LogP contribution in [-0.2, 0) is 13.2 Å². The smallest absolute Gasteiger partial charge is 0.175 e. The van der Waals surface area contributed by atoms with Crippen molar-refractivity contribution >= 4 is 54.8 Å². The monoisotopic (exact) mass is 578 g/mol. The Kier molecular flexibility index (Phi) is 7.46. The standard InChI is InChI=1S/C29H24BrClN2O2S/c1-18-3-12-25-27(13-18)36-29(33-25)21-6-10-23(11-7-21)32-16-20-14-24(30)28(26(15-20)34-2)35-17-19-4-8-22(31)9-5-19/h3-15,32H,16-17H2,1-2H3. The molecule has 0 radical (unpaired) electrons. The van der Waals surface area contributed by atoms with Gasteiger partial charge in [0.05, 0.1) is 21.8 Å². The molecule has 0 spiro atoms. The molecule has 0 aliphatic rings. The minimum Gasteiger partial charge on any atom is -0.493 e. The Balaban J connectivity index is 1.25. The van der Waals surface area contributed by atoms with Crippen molar-refractivity contribution in [3.05, 3.63) is 105 Å². The number of fused-ring (bicyclic) bond motifs is 1. The Morgan fingerprint density at radius 1 is 0.944 bits per heavy atom. The van der Waals surface area contributed by atoms with Crippen LogP contribution in [0.5, 0.6) is 11.5 Å². The first-order chi connectivity index (χ1) is 17.5. The lowest BCUT2D eigenvalue weighted by molar-refractivity contribution is 0.282. The van der Waals surface area contributed by atoms with E-state index in [1.165, 1.54) is 10.3 Å².